The van der Waals surface area contributed by atoms with Gasteiger partial charge in [0.05, 0.1) is 0 Å². The first kappa shape index (κ1) is 16.7. The van der Waals surface area contributed by atoms with Crippen molar-refractivity contribution in [3.63, 3.8) is 0 Å². The van der Waals surface area contributed by atoms with E-state index in [2.05, 4.69) is 22.5 Å². The maximum atomic E-state index is 11.1. The Bertz CT molecular complexity index is 241. The first-order valence-electron chi connectivity index (χ1n) is 7.01. The Hall–Kier alpha value is -1.26. The van der Waals surface area contributed by atoms with Crippen LogP contribution in [0, 0.1) is 0 Å². The molecule has 0 aromatic heterocycles. The molecule has 0 aromatic rings. The van der Waals surface area contributed by atoms with Crippen molar-refractivity contribution in [1.82, 2.24) is 10.6 Å². The molecule has 0 saturated heterocycles. The third-order valence-electron chi connectivity index (χ3n) is 2.60. The fourth-order valence-electron chi connectivity index (χ4n) is 1.59. The number of unbranched alkanes of at least 4 members (excludes halogenated alkanes) is 5. The van der Waals surface area contributed by atoms with Gasteiger partial charge in [0, 0.05) is 13.1 Å². The molecule has 1 amide bonds. The van der Waals surface area contributed by atoms with Gasteiger partial charge in [-0.05, 0) is 13.3 Å². The van der Waals surface area contributed by atoms with Crippen LogP contribution in [0.5, 0.6) is 0 Å². The number of nitrogens with zero attached hydrogens (tertiary/aromatic N) is 1. The smallest absolute Gasteiger partial charge is 0.241 e. The highest BCUT2D eigenvalue weighted by Gasteiger charge is 1.97. The van der Waals surface area contributed by atoms with E-state index in [4.69, 9.17) is 5.73 Å². The number of carbonyl (C=O) groups is 1. The van der Waals surface area contributed by atoms with Crippen molar-refractivity contribution in [2.75, 3.05) is 19.6 Å². The van der Waals surface area contributed by atoms with E-state index in [9.17, 15) is 4.79 Å². The Labute approximate surface area is 111 Å². The second kappa shape index (κ2) is 12.2. The number of hydrogen-bond donors (Lipinski definition) is 3. The van der Waals surface area contributed by atoms with Crippen LogP contribution in [0.25, 0.3) is 0 Å². The number of carbonyl (C=O) groups excluding carboxylic acids is 1. The Morgan fingerprint density at radius 1 is 1.06 bits per heavy atom. The van der Waals surface area contributed by atoms with Gasteiger partial charge in [-0.25, -0.2) is 4.99 Å². The monoisotopic (exact) mass is 256 g/mol. The molecule has 0 aliphatic carbocycles. The zero-order valence-corrected chi connectivity index (χ0v) is 11.8. The van der Waals surface area contributed by atoms with Gasteiger partial charge in [-0.3, -0.25) is 4.79 Å². The van der Waals surface area contributed by atoms with Crippen LogP contribution in [-0.2, 0) is 4.79 Å². The Kier molecular flexibility index (Phi) is 11.3. The van der Waals surface area contributed by atoms with E-state index in [1.54, 1.807) is 0 Å². The van der Waals surface area contributed by atoms with Gasteiger partial charge >= 0.3 is 0 Å². The van der Waals surface area contributed by atoms with Crippen LogP contribution in [0.15, 0.2) is 4.99 Å². The lowest BCUT2D eigenvalue weighted by Gasteiger charge is -2.05. The van der Waals surface area contributed by atoms with Gasteiger partial charge in [0.1, 0.15) is 6.54 Å². The van der Waals surface area contributed by atoms with Crippen LogP contribution >= 0.6 is 0 Å². The third-order valence-corrected chi connectivity index (χ3v) is 2.60. The first-order chi connectivity index (χ1) is 8.70. The van der Waals surface area contributed by atoms with Gasteiger partial charge < -0.3 is 16.4 Å². The molecule has 0 aliphatic rings. The largest absolute Gasteiger partial charge is 0.370 e. The fourth-order valence-corrected chi connectivity index (χ4v) is 1.59. The number of nitrogens with two attached hydrogens (primary N) is 1. The van der Waals surface area contributed by atoms with E-state index in [1.165, 1.54) is 32.1 Å². The summed E-state index contributed by atoms with van der Waals surface area (Å²) in [4.78, 5) is 15.1. The van der Waals surface area contributed by atoms with Crippen molar-refractivity contribution < 1.29 is 4.79 Å². The standard InChI is InChI=1S/C13H28N4O/c1-3-5-6-7-8-9-10-16-13(14)17-11-12(18)15-4-2/h3-11H2,1-2H3,(H,15,18)(H3,14,16,17). The van der Waals surface area contributed by atoms with E-state index in [-0.39, 0.29) is 12.5 Å². The van der Waals surface area contributed by atoms with Crippen molar-refractivity contribution >= 4 is 11.9 Å². The lowest BCUT2D eigenvalue weighted by atomic mass is 10.1. The van der Waals surface area contributed by atoms with E-state index < -0.39 is 0 Å². The van der Waals surface area contributed by atoms with Crippen LogP contribution in [-0.4, -0.2) is 31.5 Å². The number of guanidine groups is 1. The zero-order valence-electron chi connectivity index (χ0n) is 11.8. The third kappa shape index (κ3) is 11.2. The van der Waals surface area contributed by atoms with Crippen LogP contribution in [0.2, 0.25) is 0 Å². The highest BCUT2D eigenvalue weighted by atomic mass is 16.1. The summed E-state index contributed by atoms with van der Waals surface area (Å²) >= 11 is 0. The van der Waals surface area contributed by atoms with Crippen LogP contribution in [0.3, 0.4) is 0 Å². The molecule has 4 N–H and O–H groups in total. The molecule has 0 aromatic carbocycles. The number of hydrogen-bond acceptors (Lipinski definition) is 2. The van der Waals surface area contributed by atoms with E-state index in [0.29, 0.717) is 12.5 Å². The van der Waals surface area contributed by atoms with Gasteiger partial charge in [0.2, 0.25) is 5.91 Å². The highest BCUT2D eigenvalue weighted by molar-refractivity contribution is 5.83. The zero-order chi connectivity index (χ0) is 13.6. The predicted molar refractivity (Wildman–Crippen MR) is 76.6 cm³/mol. The SMILES string of the molecule is CCCCCCCCNC(N)=NCC(=O)NCC. The molecule has 0 rings (SSSR count). The Morgan fingerprint density at radius 3 is 2.39 bits per heavy atom. The van der Waals surface area contributed by atoms with E-state index in [1.807, 2.05) is 6.92 Å². The van der Waals surface area contributed by atoms with Crippen molar-refractivity contribution in [2.45, 2.75) is 52.4 Å². The summed E-state index contributed by atoms with van der Waals surface area (Å²) < 4.78 is 0. The fraction of sp³-hybridized carbons (Fsp3) is 0.846. The van der Waals surface area contributed by atoms with Crippen molar-refractivity contribution in [3.05, 3.63) is 0 Å². The molecular formula is C13H28N4O. The Balaban J connectivity index is 3.43. The summed E-state index contributed by atoms with van der Waals surface area (Å²) in [7, 11) is 0. The molecular weight excluding hydrogens is 228 g/mol. The maximum Gasteiger partial charge on any atom is 0.241 e. The highest BCUT2D eigenvalue weighted by Crippen LogP contribution is 2.03. The number of aliphatic imine (C=N–C) groups is 1. The summed E-state index contributed by atoms with van der Waals surface area (Å²) in [6, 6.07) is 0. The number of rotatable bonds is 10. The number of nitrogens with one attached hydrogen (secondary N) is 2. The predicted octanol–water partition coefficient (Wildman–Crippen LogP) is 1.39. The normalized spacial score (nSPS) is 11.3. The first-order valence-corrected chi connectivity index (χ1v) is 7.01. The topological polar surface area (TPSA) is 79.5 Å². The summed E-state index contributed by atoms with van der Waals surface area (Å²) in [6.07, 6.45) is 7.52. The van der Waals surface area contributed by atoms with Crippen LogP contribution in [0.1, 0.15) is 52.4 Å². The molecule has 0 radical (unpaired) electrons. The molecule has 106 valence electrons. The van der Waals surface area contributed by atoms with Gasteiger partial charge in [-0.2, -0.15) is 0 Å². The molecule has 0 unspecified atom stereocenters. The van der Waals surface area contributed by atoms with Crippen LogP contribution in [0.4, 0.5) is 0 Å². The summed E-state index contributed by atoms with van der Waals surface area (Å²) in [5.41, 5.74) is 5.64. The van der Waals surface area contributed by atoms with Crippen molar-refractivity contribution in [3.8, 4) is 0 Å². The van der Waals surface area contributed by atoms with E-state index >= 15 is 0 Å². The van der Waals surface area contributed by atoms with Gasteiger partial charge in [-0.1, -0.05) is 39.0 Å². The molecule has 5 nitrogen and oxygen atoms in total. The minimum absolute atomic E-state index is 0.0955. The average molecular weight is 256 g/mol. The minimum Gasteiger partial charge on any atom is -0.370 e. The molecule has 0 fully saturated rings. The number of likely N-dealkylation sites (N-methyl/N-ethyl adjacent to an activating group) is 1. The van der Waals surface area contributed by atoms with Gasteiger partial charge in [-0.15, -0.1) is 0 Å². The Morgan fingerprint density at radius 2 is 1.72 bits per heavy atom. The molecule has 0 saturated carbocycles. The summed E-state index contributed by atoms with van der Waals surface area (Å²) in [6.45, 7) is 5.65. The maximum absolute atomic E-state index is 11.1. The second-order valence-electron chi connectivity index (χ2n) is 4.35. The lowest BCUT2D eigenvalue weighted by Crippen LogP contribution is -2.34. The number of amides is 1. The van der Waals surface area contributed by atoms with Crippen LogP contribution < -0.4 is 16.4 Å². The molecule has 18 heavy (non-hydrogen) atoms. The minimum atomic E-state index is -0.0955. The molecule has 0 spiro atoms. The lowest BCUT2D eigenvalue weighted by molar-refractivity contribution is -0.119. The van der Waals surface area contributed by atoms with E-state index in [0.717, 1.165) is 13.0 Å². The summed E-state index contributed by atoms with van der Waals surface area (Å²) in [5.74, 6) is 0.261. The quantitative estimate of drug-likeness (QED) is 0.314. The van der Waals surface area contributed by atoms with Gasteiger partial charge in [0.15, 0.2) is 5.96 Å². The second-order valence-corrected chi connectivity index (χ2v) is 4.35. The molecule has 0 heterocycles. The average Bonchev–Trinajstić information content (AvgIpc) is 2.35. The van der Waals surface area contributed by atoms with Crippen molar-refractivity contribution in [2.24, 2.45) is 10.7 Å². The molecule has 0 aliphatic heterocycles. The van der Waals surface area contributed by atoms with Gasteiger partial charge in [0.25, 0.3) is 0 Å². The molecule has 5 heteroatoms. The summed E-state index contributed by atoms with van der Waals surface area (Å²) in [5, 5.41) is 5.69. The van der Waals surface area contributed by atoms with Crippen molar-refractivity contribution in [1.29, 1.82) is 0 Å². The molecule has 0 atom stereocenters. The molecule has 0 bridgehead atoms.